The van der Waals surface area contributed by atoms with Crippen molar-refractivity contribution in [1.29, 1.82) is 0 Å². The van der Waals surface area contributed by atoms with Crippen LogP contribution in [-0.2, 0) is 5.88 Å². The lowest BCUT2D eigenvalue weighted by Gasteiger charge is -1.86. The molecule has 0 spiro atoms. The standard InChI is InChI=1S/C9H6ClFS/c10-5-8-3-6-1-2-7(11)4-9(6)12-8/h1-4H,5H2. The van der Waals surface area contributed by atoms with Gasteiger partial charge in [0.25, 0.3) is 0 Å². The first-order valence-corrected chi connectivity index (χ1v) is 4.88. The highest BCUT2D eigenvalue weighted by molar-refractivity contribution is 7.19. The summed E-state index contributed by atoms with van der Waals surface area (Å²) in [6.45, 7) is 0. The number of halogens is 2. The quantitative estimate of drug-likeness (QED) is 0.615. The summed E-state index contributed by atoms with van der Waals surface area (Å²) in [6.07, 6.45) is 0. The lowest BCUT2D eigenvalue weighted by molar-refractivity contribution is 0.630. The summed E-state index contributed by atoms with van der Waals surface area (Å²) in [5, 5.41) is 1.07. The summed E-state index contributed by atoms with van der Waals surface area (Å²) >= 11 is 7.19. The maximum absolute atomic E-state index is 12.7. The van der Waals surface area contributed by atoms with Crippen LogP contribution in [0.1, 0.15) is 4.88 Å². The van der Waals surface area contributed by atoms with Crippen LogP contribution in [0.2, 0.25) is 0 Å². The summed E-state index contributed by atoms with van der Waals surface area (Å²) in [7, 11) is 0. The average molecular weight is 201 g/mol. The Labute approximate surface area is 78.6 Å². The minimum absolute atomic E-state index is 0.189. The van der Waals surface area contributed by atoms with Gasteiger partial charge in [-0.25, -0.2) is 4.39 Å². The van der Waals surface area contributed by atoms with E-state index in [1.54, 1.807) is 6.07 Å². The number of hydrogen-bond donors (Lipinski definition) is 0. The molecule has 0 saturated heterocycles. The molecule has 1 aromatic heterocycles. The zero-order valence-corrected chi connectivity index (χ0v) is 7.75. The topological polar surface area (TPSA) is 0 Å². The lowest BCUT2D eigenvalue weighted by atomic mass is 10.2. The first-order chi connectivity index (χ1) is 5.79. The summed E-state index contributed by atoms with van der Waals surface area (Å²) in [5.74, 6) is 0.312. The molecule has 0 fully saturated rings. The number of rotatable bonds is 1. The molecule has 0 nitrogen and oxygen atoms in total. The molecule has 2 rings (SSSR count). The predicted molar refractivity (Wildman–Crippen MR) is 51.3 cm³/mol. The van der Waals surface area contributed by atoms with Crippen LogP contribution in [0.4, 0.5) is 4.39 Å². The van der Waals surface area contributed by atoms with Crippen molar-refractivity contribution in [2.75, 3.05) is 0 Å². The molecule has 62 valence electrons. The summed E-state index contributed by atoms with van der Waals surface area (Å²) < 4.78 is 13.7. The highest BCUT2D eigenvalue weighted by Gasteiger charge is 2.00. The number of alkyl halides is 1. The average Bonchev–Trinajstić information content (AvgIpc) is 2.46. The molecule has 0 aliphatic rings. The summed E-state index contributed by atoms with van der Waals surface area (Å²) in [6, 6.07) is 6.77. The predicted octanol–water partition coefficient (Wildman–Crippen LogP) is 3.78. The van der Waals surface area contributed by atoms with Gasteiger partial charge in [-0.1, -0.05) is 6.07 Å². The van der Waals surface area contributed by atoms with Gasteiger partial charge in [0.1, 0.15) is 5.82 Å². The number of benzene rings is 1. The molecule has 0 saturated carbocycles. The Morgan fingerprint density at radius 2 is 2.17 bits per heavy atom. The number of thiophene rings is 1. The molecule has 1 heterocycles. The van der Waals surface area contributed by atoms with Crippen molar-refractivity contribution in [1.82, 2.24) is 0 Å². The summed E-state index contributed by atoms with van der Waals surface area (Å²) in [5.41, 5.74) is 0. The van der Waals surface area contributed by atoms with Crippen molar-refractivity contribution in [2.45, 2.75) is 5.88 Å². The van der Waals surface area contributed by atoms with E-state index in [1.165, 1.54) is 23.5 Å². The van der Waals surface area contributed by atoms with Gasteiger partial charge in [-0.2, -0.15) is 0 Å². The molecule has 0 N–H and O–H groups in total. The Balaban J connectivity index is 2.67. The van der Waals surface area contributed by atoms with E-state index >= 15 is 0 Å². The smallest absolute Gasteiger partial charge is 0.124 e. The molecule has 0 aliphatic carbocycles. The van der Waals surface area contributed by atoms with Crippen LogP contribution >= 0.6 is 22.9 Å². The van der Waals surface area contributed by atoms with Gasteiger partial charge in [-0.3, -0.25) is 0 Å². The summed E-state index contributed by atoms with van der Waals surface area (Å²) in [4.78, 5) is 1.08. The molecule has 12 heavy (non-hydrogen) atoms. The van der Waals surface area contributed by atoms with E-state index in [1.807, 2.05) is 6.07 Å². The molecule has 0 bridgehead atoms. The minimum atomic E-state index is -0.189. The Bertz CT molecular complexity index is 408. The first-order valence-electron chi connectivity index (χ1n) is 3.53. The third-order valence-corrected chi connectivity index (χ3v) is 3.21. The van der Waals surface area contributed by atoms with Crippen LogP contribution in [0.25, 0.3) is 10.1 Å². The second-order valence-corrected chi connectivity index (χ2v) is 3.96. The van der Waals surface area contributed by atoms with Crippen molar-refractivity contribution in [3.63, 3.8) is 0 Å². The molecule has 0 amide bonds. The first kappa shape index (κ1) is 8.02. The van der Waals surface area contributed by atoms with Crippen molar-refractivity contribution < 1.29 is 4.39 Å². The second-order valence-electron chi connectivity index (χ2n) is 2.53. The fraction of sp³-hybridized carbons (Fsp3) is 0.111. The number of hydrogen-bond acceptors (Lipinski definition) is 1. The van der Waals surface area contributed by atoms with Crippen molar-refractivity contribution in [2.24, 2.45) is 0 Å². The molecule has 0 radical (unpaired) electrons. The van der Waals surface area contributed by atoms with Crippen molar-refractivity contribution in [3.05, 3.63) is 35.0 Å². The van der Waals surface area contributed by atoms with Gasteiger partial charge in [-0.05, 0) is 23.6 Å². The highest BCUT2D eigenvalue weighted by Crippen LogP contribution is 2.27. The van der Waals surface area contributed by atoms with E-state index in [2.05, 4.69) is 0 Å². The van der Waals surface area contributed by atoms with Crippen LogP contribution in [-0.4, -0.2) is 0 Å². The maximum atomic E-state index is 12.7. The zero-order chi connectivity index (χ0) is 8.55. The molecule has 0 unspecified atom stereocenters. The normalized spacial score (nSPS) is 10.8. The largest absolute Gasteiger partial charge is 0.207 e. The Morgan fingerprint density at radius 1 is 1.33 bits per heavy atom. The Morgan fingerprint density at radius 3 is 2.92 bits per heavy atom. The Hall–Kier alpha value is -0.600. The molecular weight excluding hydrogens is 195 g/mol. The molecule has 3 heteroatoms. The van der Waals surface area contributed by atoms with E-state index in [4.69, 9.17) is 11.6 Å². The van der Waals surface area contributed by atoms with E-state index in [0.717, 1.165) is 15.0 Å². The molecular formula is C9H6ClFS. The van der Waals surface area contributed by atoms with E-state index in [0.29, 0.717) is 5.88 Å². The van der Waals surface area contributed by atoms with Crippen LogP contribution in [0.15, 0.2) is 24.3 Å². The fourth-order valence-corrected chi connectivity index (χ4v) is 2.31. The molecule has 0 atom stereocenters. The van der Waals surface area contributed by atoms with E-state index in [9.17, 15) is 4.39 Å². The lowest BCUT2D eigenvalue weighted by Crippen LogP contribution is -1.68. The van der Waals surface area contributed by atoms with Gasteiger partial charge in [0.05, 0.1) is 5.88 Å². The van der Waals surface area contributed by atoms with E-state index < -0.39 is 0 Å². The highest BCUT2D eigenvalue weighted by atomic mass is 35.5. The van der Waals surface area contributed by atoms with Gasteiger partial charge in [0.15, 0.2) is 0 Å². The third kappa shape index (κ3) is 1.32. The van der Waals surface area contributed by atoms with Crippen LogP contribution in [0, 0.1) is 5.82 Å². The van der Waals surface area contributed by atoms with Crippen LogP contribution in [0.3, 0.4) is 0 Å². The molecule has 2 aromatic rings. The van der Waals surface area contributed by atoms with Crippen LogP contribution in [0.5, 0.6) is 0 Å². The second kappa shape index (κ2) is 3.04. The van der Waals surface area contributed by atoms with Crippen LogP contribution < -0.4 is 0 Å². The third-order valence-electron chi connectivity index (χ3n) is 1.66. The van der Waals surface area contributed by atoms with Crippen molar-refractivity contribution >= 4 is 33.0 Å². The van der Waals surface area contributed by atoms with Gasteiger partial charge in [0, 0.05) is 9.58 Å². The van der Waals surface area contributed by atoms with Gasteiger partial charge in [0.2, 0.25) is 0 Å². The maximum Gasteiger partial charge on any atom is 0.124 e. The molecule has 0 aliphatic heterocycles. The van der Waals surface area contributed by atoms with Crippen molar-refractivity contribution in [3.8, 4) is 0 Å². The van der Waals surface area contributed by atoms with Gasteiger partial charge in [-0.15, -0.1) is 22.9 Å². The van der Waals surface area contributed by atoms with Gasteiger partial charge < -0.3 is 0 Å². The monoisotopic (exact) mass is 200 g/mol. The van der Waals surface area contributed by atoms with Gasteiger partial charge >= 0.3 is 0 Å². The zero-order valence-electron chi connectivity index (χ0n) is 6.18. The number of fused-ring (bicyclic) bond motifs is 1. The fourth-order valence-electron chi connectivity index (χ4n) is 1.13. The minimum Gasteiger partial charge on any atom is -0.207 e. The molecule has 1 aromatic carbocycles. The SMILES string of the molecule is Fc1ccc2cc(CCl)sc2c1. The Kier molecular flexibility index (Phi) is 2.03. The van der Waals surface area contributed by atoms with E-state index in [-0.39, 0.29) is 5.82 Å².